The summed E-state index contributed by atoms with van der Waals surface area (Å²) in [5.74, 6) is -1.13. The van der Waals surface area contributed by atoms with Crippen LogP contribution in [0.1, 0.15) is 35.4 Å². The maximum absolute atomic E-state index is 14.0. The van der Waals surface area contributed by atoms with Crippen LogP contribution in [0.2, 0.25) is 0 Å². The Morgan fingerprint density at radius 3 is 2.44 bits per heavy atom. The summed E-state index contributed by atoms with van der Waals surface area (Å²) < 4.78 is 42.7. The van der Waals surface area contributed by atoms with E-state index in [-0.39, 0.29) is 29.8 Å². The topological polar surface area (TPSA) is 84.3 Å². The SMILES string of the molecule is Cc1cc(C)n(Cc2cccc(CNC(=O)C3CCN(S(=O)(=O)c4ccccc4F)CC3)c2)n1. The van der Waals surface area contributed by atoms with Gasteiger partial charge >= 0.3 is 0 Å². The number of rotatable bonds is 7. The van der Waals surface area contributed by atoms with Crippen LogP contribution < -0.4 is 5.32 Å². The standard InChI is InChI=1S/C25H29FN4O3S/c1-18-14-19(2)30(28-18)17-21-7-5-6-20(15-21)16-27-25(31)22-10-12-29(13-11-22)34(32,33)24-9-4-3-8-23(24)26/h3-9,14-15,22H,10-13,16-17H2,1-2H3,(H,27,31). The maximum Gasteiger partial charge on any atom is 0.245 e. The third-order valence-electron chi connectivity index (χ3n) is 6.17. The number of aromatic nitrogens is 2. The van der Waals surface area contributed by atoms with E-state index in [2.05, 4.69) is 16.5 Å². The first-order chi connectivity index (χ1) is 16.2. The molecule has 180 valence electrons. The van der Waals surface area contributed by atoms with Gasteiger partial charge in [-0.05, 0) is 56.0 Å². The lowest BCUT2D eigenvalue weighted by Gasteiger charge is -2.30. The van der Waals surface area contributed by atoms with Gasteiger partial charge in [-0.15, -0.1) is 0 Å². The number of sulfonamides is 1. The zero-order chi connectivity index (χ0) is 24.3. The van der Waals surface area contributed by atoms with Crippen molar-refractivity contribution >= 4 is 15.9 Å². The van der Waals surface area contributed by atoms with E-state index in [1.165, 1.54) is 22.5 Å². The summed E-state index contributed by atoms with van der Waals surface area (Å²) in [6.07, 6.45) is 0.801. The fourth-order valence-electron chi connectivity index (χ4n) is 4.33. The summed E-state index contributed by atoms with van der Waals surface area (Å²) in [5.41, 5.74) is 4.17. The third-order valence-corrected chi connectivity index (χ3v) is 8.10. The van der Waals surface area contributed by atoms with Crippen molar-refractivity contribution in [1.82, 2.24) is 19.4 Å². The Balaban J connectivity index is 1.31. The van der Waals surface area contributed by atoms with Gasteiger partial charge in [0.2, 0.25) is 15.9 Å². The smallest absolute Gasteiger partial charge is 0.245 e. The Hall–Kier alpha value is -3.04. The van der Waals surface area contributed by atoms with Gasteiger partial charge in [-0.3, -0.25) is 9.48 Å². The molecule has 0 saturated carbocycles. The highest BCUT2D eigenvalue weighted by atomic mass is 32.2. The molecule has 1 aliphatic heterocycles. The first-order valence-electron chi connectivity index (χ1n) is 11.4. The molecule has 1 fully saturated rings. The van der Waals surface area contributed by atoms with Gasteiger partial charge in [0.25, 0.3) is 0 Å². The molecule has 4 rings (SSSR count). The number of hydrogen-bond acceptors (Lipinski definition) is 4. The number of benzene rings is 2. The summed E-state index contributed by atoms with van der Waals surface area (Å²) in [4.78, 5) is 12.4. The lowest BCUT2D eigenvalue weighted by Crippen LogP contribution is -2.43. The van der Waals surface area contributed by atoms with Crippen molar-refractivity contribution < 1.29 is 17.6 Å². The number of carbonyl (C=O) groups is 1. The fourth-order valence-corrected chi connectivity index (χ4v) is 5.87. The predicted molar refractivity (Wildman–Crippen MR) is 127 cm³/mol. The van der Waals surface area contributed by atoms with Crippen molar-refractivity contribution in [3.63, 3.8) is 0 Å². The van der Waals surface area contributed by atoms with Crippen LogP contribution in [0.25, 0.3) is 0 Å². The van der Waals surface area contributed by atoms with Crippen LogP contribution in [-0.4, -0.2) is 41.5 Å². The second kappa shape index (κ2) is 10.1. The highest BCUT2D eigenvalue weighted by Gasteiger charge is 2.33. The molecule has 1 saturated heterocycles. The van der Waals surface area contributed by atoms with E-state index in [1.807, 2.05) is 42.8 Å². The minimum absolute atomic E-state index is 0.0908. The van der Waals surface area contributed by atoms with Gasteiger partial charge in [0.1, 0.15) is 10.7 Å². The van der Waals surface area contributed by atoms with E-state index in [9.17, 15) is 17.6 Å². The average molecular weight is 485 g/mol. The Bertz CT molecular complexity index is 1280. The molecule has 3 aromatic rings. The number of hydrogen-bond donors (Lipinski definition) is 1. The number of carbonyl (C=O) groups excluding carboxylic acids is 1. The predicted octanol–water partition coefficient (Wildman–Crippen LogP) is 3.40. The molecule has 1 N–H and O–H groups in total. The Labute approximate surface area is 199 Å². The molecular formula is C25H29FN4O3S. The zero-order valence-electron chi connectivity index (χ0n) is 19.4. The molecule has 2 heterocycles. The average Bonchev–Trinajstić information content (AvgIpc) is 3.14. The normalized spacial score (nSPS) is 15.4. The summed E-state index contributed by atoms with van der Waals surface area (Å²) >= 11 is 0. The Kier molecular flexibility index (Phi) is 7.13. The van der Waals surface area contributed by atoms with Crippen molar-refractivity contribution in [1.29, 1.82) is 0 Å². The number of nitrogens with zero attached hydrogens (tertiary/aromatic N) is 3. The maximum atomic E-state index is 14.0. The molecule has 1 aromatic heterocycles. The van der Waals surface area contributed by atoms with Crippen LogP contribution >= 0.6 is 0 Å². The lowest BCUT2D eigenvalue weighted by atomic mass is 9.97. The van der Waals surface area contributed by atoms with Crippen molar-refractivity contribution in [2.45, 2.75) is 44.7 Å². The number of halogens is 1. The molecule has 0 aliphatic carbocycles. The Morgan fingerprint density at radius 2 is 1.76 bits per heavy atom. The summed E-state index contributed by atoms with van der Waals surface area (Å²) in [6.45, 7) is 5.43. The van der Waals surface area contributed by atoms with Crippen LogP contribution in [0.5, 0.6) is 0 Å². The molecule has 1 aliphatic rings. The molecule has 7 nitrogen and oxygen atoms in total. The van der Waals surface area contributed by atoms with Crippen molar-refractivity contribution in [2.75, 3.05) is 13.1 Å². The van der Waals surface area contributed by atoms with Gasteiger partial charge in [-0.1, -0.05) is 36.4 Å². The van der Waals surface area contributed by atoms with Gasteiger partial charge in [0, 0.05) is 31.2 Å². The van der Waals surface area contributed by atoms with Gasteiger partial charge in [0.15, 0.2) is 0 Å². The van der Waals surface area contributed by atoms with E-state index in [0.29, 0.717) is 25.9 Å². The third kappa shape index (κ3) is 5.37. The van der Waals surface area contributed by atoms with Crippen molar-refractivity contribution in [3.05, 3.63) is 82.9 Å². The van der Waals surface area contributed by atoms with Gasteiger partial charge in [0.05, 0.1) is 12.2 Å². The molecule has 2 aromatic carbocycles. The van der Waals surface area contributed by atoms with E-state index in [0.717, 1.165) is 28.6 Å². The number of piperidine rings is 1. The van der Waals surface area contributed by atoms with E-state index in [1.54, 1.807) is 0 Å². The summed E-state index contributed by atoms with van der Waals surface area (Å²) in [7, 11) is -3.91. The highest BCUT2D eigenvalue weighted by Crippen LogP contribution is 2.25. The molecular weight excluding hydrogens is 455 g/mol. The summed E-state index contributed by atoms with van der Waals surface area (Å²) in [6, 6.07) is 15.4. The molecule has 0 atom stereocenters. The van der Waals surface area contributed by atoms with E-state index < -0.39 is 15.8 Å². The van der Waals surface area contributed by atoms with Gasteiger partial charge in [-0.2, -0.15) is 9.40 Å². The second-order valence-corrected chi connectivity index (χ2v) is 10.6. The highest BCUT2D eigenvalue weighted by molar-refractivity contribution is 7.89. The fraction of sp³-hybridized carbons (Fsp3) is 0.360. The van der Waals surface area contributed by atoms with E-state index in [4.69, 9.17) is 0 Å². The van der Waals surface area contributed by atoms with Gasteiger partial charge < -0.3 is 5.32 Å². The summed E-state index contributed by atoms with van der Waals surface area (Å²) in [5, 5.41) is 7.48. The minimum Gasteiger partial charge on any atom is -0.352 e. The number of aryl methyl sites for hydroxylation is 2. The molecule has 0 spiro atoms. The van der Waals surface area contributed by atoms with E-state index >= 15 is 0 Å². The van der Waals surface area contributed by atoms with Crippen LogP contribution in [-0.2, 0) is 27.9 Å². The second-order valence-electron chi connectivity index (χ2n) is 8.73. The van der Waals surface area contributed by atoms with Gasteiger partial charge in [-0.25, -0.2) is 12.8 Å². The molecule has 0 radical (unpaired) electrons. The zero-order valence-corrected chi connectivity index (χ0v) is 20.2. The largest absolute Gasteiger partial charge is 0.352 e. The molecule has 0 unspecified atom stereocenters. The Morgan fingerprint density at radius 1 is 1.06 bits per heavy atom. The molecule has 1 amide bonds. The van der Waals surface area contributed by atoms with Crippen LogP contribution in [0, 0.1) is 25.6 Å². The molecule has 9 heteroatoms. The first-order valence-corrected chi connectivity index (χ1v) is 12.8. The minimum atomic E-state index is -3.91. The number of nitrogens with one attached hydrogen (secondary N) is 1. The van der Waals surface area contributed by atoms with Crippen molar-refractivity contribution in [3.8, 4) is 0 Å². The first kappa shape index (κ1) is 24.1. The molecule has 0 bridgehead atoms. The number of amides is 1. The lowest BCUT2D eigenvalue weighted by molar-refractivity contribution is -0.126. The molecule has 34 heavy (non-hydrogen) atoms. The van der Waals surface area contributed by atoms with Crippen LogP contribution in [0.15, 0.2) is 59.5 Å². The van der Waals surface area contributed by atoms with Crippen molar-refractivity contribution in [2.24, 2.45) is 5.92 Å². The monoisotopic (exact) mass is 484 g/mol. The van der Waals surface area contributed by atoms with Crippen LogP contribution in [0.3, 0.4) is 0 Å². The van der Waals surface area contributed by atoms with Crippen LogP contribution in [0.4, 0.5) is 4.39 Å². The quantitative estimate of drug-likeness (QED) is 0.557.